The molecular weight excluding hydrogens is 228 g/mol. The number of aryl methyl sites for hydroxylation is 2. The Bertz CT molecular complexity index is 375. The first-order valence-electron chi connectivity index (χ1n) is 6.62. The lowest BCUT2D eigenvalue weighted by molar-refractivity contribution is 0.204. The van der Waals surface area contributed by atoms with Gasteiger partial charge in [-0.3, -0.25) is 0 Å². The second-order valence-electron chi connectivity index (χ2n) is 4.95. The van der Waals surface area contributed by atoms with Crippen LogP contribution in [0.15, 0.2) is 18.2 Å². The molecule has 1 aromatic rings. The van der Waals surface area contributed by atoms with Crippen molar-refractivity contribution < 1.29 is 5.11 Å². The largest absolute Gasteiger partial charge is 0.388 e. The predicted molar refractivity (Wildman–Crippen MR) is 75.6 cm³/mol. The topological polar surface area (TPSA) is 20.2 Å². The molecule has 2 atom stereocenters. The standard InChI is InChI=1S/C15H22OS/c1-3-11(2)17-10-15(16)14-8-7-12-5-4-6-13(12)9-14/h7-9,11,15-16H,3-6,10H2,1-2H3. The Morgan fingerprint density at radius 1 is 1.29 bits per heavy atom. The maximum Gasteiger partial charge on any atom is 0.0880 e. The minimum Gasteiger partial charge on any atom is -0.388 e. The fraction of sp³-hybridized carbons (Fsp3) is 0.600. The number of hydrogen-bond acceptors (Lipinski definition) is 2. The first-order valence-corrected chi connectivity index (χ1v) is 7.67. The van der Waals surface area contributed by atoms with Crippen LogP contribution >= 0.6 is 11.8 Å². The van der Waals surface area contributed by atoms with Gasteiger partial charge < -0.3 is 5.11 Å². The van der Waals surface area contributed by atoms with E-state index in [1.807, 2.05) is 11.8 Å². The Morgan fingerprint density at radius 2 is 2.06 bits per heavy atom. The van der Waals surface area contributed by atoms with E-state index in [1.54, 1.807) is 0 Å². The van der Waals surface area contributed by atoms with Crippen LogP contribution in [0.1, 0.15) is 49.5 Å². The molecule has 0 spiro atoms. The molecule has 0 fully saturated rings. The van der Waals surface area contributed by atoms with Crippen molar-refractivity contribution in [3.05, 3.63) is 34.9 Å². The summed E-state index contributed by atoms with van der Waals surface area (Å²) >= 11 is 1.86. The highest BCUT2D eigenvalue weighted by Crippen LogP contribution is 2.28. The number of benzene rings is 1. The van der Waals surface area contributed by atoms with Gasteiger partial charge in [-0.2, -0.15) is 11.8 Å². The average Bonchev–Trinajstić information content (AvgIpc) is 2.82. The van der Waals surface area contributed by atoms with Crippen molar-refractivity contribution in [2.24, 2.45) is 0 Å². The highest BCUT2D eigenvalue weighted by molar-refractivity contribution is 7.99. The van der Waals surface area contributed by atoms with Crippen molar-refractivity contribution in [3.63, 3.8) is 0 Å². The summed E-state index contributed by atoms with van der Waals surface area (Å²) in [5.41, 5.74) is 4.03. The first-order chi connectivity index (χ1) is 8.20. The third-order valence-electron chi connectivity index (χ3n) is 3.62. The van der Waals surface area contributed by atoms with Crippen LogP contribution in [0, 0.1) is 0 Å². The normalized spacial score (nSPS) is 17.8. The van der Waals surface area contributed by atoms with E-state index < -0.39 is 0 Å². The minimum absolute atomic E-state index is 0.306. The fourth-order valence-corrected chi connectivity index (χ4v) is 3.21. The van der Waals surface area contributed by atoms with Gasteiger partial charge in [-0.15, -0.1) is 0 Å². The Labute approximate surface area is 109 Å². The predicted octanol–water partition coefficient (Wildman–Crippen LogP) is 3.74. The molecule has 2 rings (SSSR count). The molecule has 0 heterocycles. The van der Waals surface area contributed by atoms with Gasteiger partial charge in [-0.05, 0) is 42.4 Å². The molecule has 0 aliphatic heterocycles. The summed E-state index contributed by atoms with van der Waals surface area (Å²) in [6, 6.07) is 6.52. The van der Waals surface area contributed by atoms with Crippen LogP contribution in [0.5, 0.6) is 0 Å². The van der Waals surface area contributed by atoms with Crippen LogP contribution in [-0.2, 0) is 12.8 Å². The lowest BCUT2D eigenvalue weighted by atomic mass is 10.0. The van der Waals surface area contributed by atoms with Gasteiger partial charge in [0.2, 0.25) is 0 Å². The van der Waals surface area contributed by atoms with Gasteiger partial charge in [0, 0.05) is 11.0 Å². The molecule has 1 aliphatic carbocycles. The third kappa shape index (κ3) is 3.26. The SMILES string of the molecule is CCC(C)SCC(O)c1ccc2c(c1)CCC2. The minimum atomic E-state index is -0.306. The van der Waals surface area contributed by atoms with Crippen molar-refractivity contribution in [1.29, 1.82) is 0 Å². The van der Waals surface area contributed by atoms with Gasteiger partial charge in [-0.25, -0.2) is 0 Å². The summed E-state index contributed by atoms with van der Waals surface area (Å²) < 4.78 is 0. The van der Waals surface area contributed by atoms with Crippen molar-refractivity contribution in [3.8, 4) is 0 Å². The molecule has 0 radical (unpaired) electrons. The molecule has 0 aromatic heterocycles. The van der Waals surface area contributed by atoms with Crippen LogP contribution in [0.3, 0.4) is 0 Å². The van der Waals surface area contributed by atoms with E-state index in [9.17, 15) is 5.11 Å². The number of aliphatic hydroxyl groups is 1. The molecule has 1 aliphatic rings. The van der Waals surface area contributed by atoms with Crippen LogP contribution in [0.25, 0.3) is 0 Å². The summed E-state index contributed by atoms with van der Waals surface area (Å²) in [4.78, 5) is 0. The molecule has 1 N–H and O–H groups in total. The van der Waals surface area contributed by atoms with Crippen molar-refractivity contribution in [1.82, 2.24) is 0 Å². The molecule has 17 heavy (non-hydrogen) atoms. The Morgan fingerprint density at radius 3 is 2.82 bits per heavy atom. The van der Waals surface area contributed by atoms with Gasteiger partial charge in [0.05, 0.1) is 6.10 Å². The molecule has 2 heteroatoms. The molecule has 0 amide bonds. The van der Waals surface area contributed by atoms with Gasteiger partial charge in [0.1, 0.15) is 0 Å². The van der Waals surface area contributed by atoms with E-state index >= 15 is 0 Å². The quantitative estimate of drug-likeness (QED) is 0.859. The smallest absolute Gasteiger partial charge is 0.0880 e. The third-order valence-corrected chi connectivity index (χ3v) is 5.03. The van der Waals surface area contributed by atoms with E-state index in [0.29, 0.717) is 5.25 Å². The van der Waals surface area contributed by atoms with E-state index in [-0.39, 0.29) is 6.10 Å². The maximum absolute atomic E-state index is 10.2. The fourth-order valence-electron chi connectivity index (χ4n) is 2.27. The zero-order valence-electron chi connectivity index (χ0n) is 10.8. The van der Waals surface area contributed by atoms with E-state index in [0.717, 1.165) is 11.3 Å². The Balaban J connectivity index is 1.97. The Kier molecular flexibility index (Phi) is 4.52. The first kappa shape index (κ1) is 13.0. The molecule has 2 unspecified atom stereocenters. The maximum atomic E-state index is 10.2. The lowest BCUT2D eigenvalue weighted by Gasteiger charge is -2.14. The van der Waals surface area contributed by atoms with E-state index in [2.05, 4.69) is 32.0 Å². The number of aliphatic hydroxyl groups excluding tert-OH is 1. The second kappa shape index (κ2) is 5.92. The summed E-state index contributed by atoms with van der Waals surface area (Å²) in [5, 5.41) is 10.8. The van der Waals surface area contributed by atoms with Crippen molar-refractivity contribution >= 4 is 11.8 Å². The van der Waals surface area contributed by atoms with Crippen LogP contribution in [0.2, 0.25) is 0 Å². The van der Waals surface area contributed by atoms with Gasteiger partial charge in [0.25, 0.3) is 0 Å². The van der Waals surface area contributed by atoms with Gasteiger partial charge in [-0.1, -0.05) is 32.0 Å². The molecule has 1 aromatic carbocycles. The summed E-state index contributed by atoms with van der Waals surface area (Å²) in [6.07, 6.45) is 4.54. The second-order valence-corrected chi connectivity index (χ2v) is 6.42. The van der Waals surface area contributed by atoms with E-state index in [1.165, 1.54) is 36.8 Å². The molecular formula is C15H22OS. The summed E-state index contributed by atoms with van der Waals surface area (Å²) in [7, 11) is 0. The summed E-state index contributed by atoms with van der Waals surface area (Å²) in [6.45, 7) is 4.42. The van der Waals surface area contributed by atoms with Gasteiger partial charge in [0.15, 0.2) is 0 Å². The zero-order valence-corrected chi connectivity index (χ0v) is 11.6. The molecule has 94 valence electrons. The Hall–Kier alpha value is -0.470. The average molecular weight is 250 g/mol. The van der Waals surface area contributed by atoms with Gasteiger partial charge >= 0.3 is 0 Å². The molecule has 1 nitrogen and oxygen atoms in total. The number of hydrogen-bond donors (Lipinski definition) is 1. The molecule has 0 saturated carbocycles. The molecule has 0 bridgehead atoms. The monoisotopic (exact) mass is 250 g/mol. The molecule has 0 saturated heterocycles. The van der Waals surface area contributed by atoms with Crippen LogP contribution < -0.4 is 0 Å². The number of thioether (sulfide) groups is 1. The highest BCUT2D eigenvalue weighted by Gasteiger charge is 2.15. The van der Waals surface area contributed by atoms with Crippen molar-refractivity contribution in [2.45, 2.75) is 50.9 Å². The van der Waals surface area contributed by atoms with Crippen molar-refractivity contribution in [2.75, 3.05) is 5.75 Å². The van der Waals surface area contributed by atoms with E-state index in [4.69, 9.17) is 0 Å². The number of fused-ring (bicyclic) bond motifs is 1. The highest BCUT2D eigenvalue weighted by atomic mass is 32.2. The lowest BCUT2D eigenvalue weighted by Crippen LogP contribution is -2.05. The number of rotatable bonds is 5. The van der Waals surface area contributed by atoms with Crippen LogP contribution in [-0.4, -0.2) is 16.1 Å². The van der Waals surface area contributed by atoms with Crippen LogP contribution in [0.4, 0.5) is 0 Å². The summed E-state index contributed by atoms with van der Waals surface area (Å²) in [5.74, 6) is 0.813. The zero-order chi connectivity index (χ0) is 12.3.